The van der Waals surface area contributed by atoms with Crippen molar-refractivity contribution in [2.75, 3.05) is 6.26 Å². The Kier molecular flexibility index (Phi) is 4.00. The van der Waals surface area contributed by atoms with Gasteiger partial charge in [0.25, 0.3) is 0 Å². The quantitative estimate of drug-likeness (QED) is 0.449. The highest BCUT2D eigenvalue weighted by atomic mass is 32.2. The minimum atomic E-state index is -0.665. The molecule has 0 aliphatic rings. The van der Waals surface area contributed by atoms with Crippen LogP contribution in [0.5, 0.6) is 0 Å². The van der Waals surface area contributed by atoms with Crippen LogP contribution in [-0.4, -0.2) is 18.5 Å². The average Bonchev–Trinajstić information content (AvgIpc) is 2.18. The van der Waals surface area contributed by atoms with Crippen LogP contribution in [0.4, 0.5) is 4.79 Å². The molecule has 0 bridgehead atoms. The van der Waals surface area contributed by atoms with Gasteiger partial charge in [0.2, 0.25) is 0 Å². The fourth-order valence-electron chi connectivity index (χ4n) is 0.892. The Balaban J connectivity index is 2.66. The molecule has 0 saturated heterocycles. The Hall–Kier alpha value is -1.49. The molecule has 0 saturated carbocycles. The molecule has 14 heavy (non-hydrogen) atoms. The Labute approximate surface area is 86.6 Å². The van der Waals surface area contributed by atoms with E-state index < -0.39 is 6.03 Å². The summed E-state index contributed by atoms with van der Waals surface area (Å²) in [6.45, 7) is 0. The van der Waals surface area contributed by atoms with Gasteiger partial charge in [-0.25, -0.2) is 10.2 Å². The predicted octanol–water partition coefficient (Wildman–Crippen LogP) is 1.41. The third kappa shape index (κ3) is 3.49. The zero-order chi connectivity index (χ0) is 10.4. The van der Waals surface area contributed by atoms with E-state index in [0.717, 1.165) is 10.5 Å². The van der Waals surface area contributed by atoms with Crippen LogP contribution in [0, 0.1) is 0 Å². The van der Waals surface area contributed by atoms with Crippen molar-refractivity contribution >= 4 is 24.0 Å². The SMILES string of the molecule is CSc1cccc(C=NNC(N)=O)c1. The molecular weight excluding hydrogens is 198 g/mol. The molecule has 1 aromatic rings. The number of nitrogens with zero attached hydrogens (tertiary/aromatic N) is 1. The number of nitrogens with one attached hydrogen (secondary N) is 1. The number of hydrogen-bond donors (Lipinski definition) is 2. The number of hydrogen-bond acceptors (Lipinski definition) is 3. The molecule has 0 spiro atoms. The molecule has 4 nitrogen and oxygen atoms in total. The van der Waals surface area contributed by atoms with Crippen molar-refractivity contribution in [3.63, 3.8) is 0 Å². The number of carbonyl (C=O) groups excluding carboxylic acids is 1. The fourth-order valence-corrected chi connectivity index (χ4v) is 1.36. The standard InChI is InChI=1S/C9H11N3OS/c1-14-8-4-2-3-7(5-8)6-11-12-9(10)13/h2-6H,1H3,(H3,10,12,13). The van der Waals surface area contributed by atoms with Gasteiger partial charge in [-0.3, -0.25) is 0 Å². The summed E-state index contributed by atoms with van der Waals surface area (Å²) in [5, 5.41) is 3.66. The van der Waals surface area contributed by atoms with Crippen LogP contribution in [-0.2, 0) is 0 Å². The zero-order valence-corrected chi connectivity index (χ0v) is 8.54. The number of benzene rings is 1. The lowest BCUT2D eigenvalue weighted by molar-refractivity contribution is 0.249. The lowest BCUT2D eigenvalue weighted by Crippen LogP contribution is -2.24. The molecule has 74 valence electrons. The van der Waals surface area contributed by atoms with E-state index in [-0.39, 0.29) is 0 Å². The monoisotopic (exact) mass is 209 g/mol. The maximum Gasteiger partial charge on any atom is 0.332 e. The Morgan fingerprint density at radius 1 is 1.64 bits per heavy atom. The number of amides is 2. The maximum atomic E-state index is 10.3. The van der Waals surface area contributed by atoms with E-state index in [1.165, 1.54) is 0 Å². The van der Waals surface area contributed by atoms with Crippen molar-refractivity contribution in [1.82, 2.24) is 5.43 Å². The van der Waals surface area contributed by atoms with Crippen LogP contribution in [0.25, 0.3) is 0 Å². The van der Waals surface area contributed by atoms with Gasteiger partial charge in [-0.1, -0.05) is 12.1 Å². The number of primary amides is 1. The first kappa shape index (κ1) is 10.6. The van der Waals surface area contributed by atoms with Crippen molar-refractivity contribution in [2.45, 2.75) is 4.90 Å². The Bertz CT molecular complexity index is 352. The summed E-state index contributed by atoms with van der Waals surface area (Å²) >= 11 is 1.65. The van der Waals surface area contributed by atoms with Crippen molar-refractivity contribution in [2.24, 2.45) is 10.8 Å². The van der Waals surface area contributed by atoms with Gasteiger partial charge in [0.15, 0.2) is 0 Å². The van der Waals surface area contributed by atoms with E-state index in [1.807, 2.05) is 30.5 Å². The molecule has 3 N–H and O–H groups in total. The Morgan fingerprint density at radius 2 is 2.43 bits per heavy atom. The second-order valence-corrected chi connectivity index (χ2v) is 3.39. The maximum absolute atomic E-state index is 10.3. The highest BCUT2D eigenvalue weighted by Crippen LogP contribution is 2.14. The molecule has 5 heteroatoms. The summed E-state index contributed by atoms with van der Waals surface area (Å²) < 4.78 is 0. The summed E-state index contributed by atoms with van der Waals surface area (Å²) in [5.74, 6) is 0. The van der Waals surface area contributed by atoms with Gasteiger partial charge in [-0.05, 0) is 24.0 Å². The summed E-state index contributed by atoms with van der Waals surface area (Å²) in [6.07, 6.45) is 3.54. The molecule has 0 radical (unpaired) electrons. The normalized spacial score (nSPS) is 10.4. The third-order valence-corrected chi connectivity index (χ3v) is 2.21. The van der Waals surface area contributed by atoms with Gasteiger partial charge in [0.1, 0.15) is 0 Å². The molecule has 0 unspecified atom stereocenters. The minimum Gasteiger partial charge on any atom is -0.350 e. The second kappa shape index (κ2) is 5.29. The van der Waals surface area contributed by atoms with E-state index in [9.17, 15) is 4.79 Å². The van der Waals surface area contributed by atoms with Crippen LogP contribution >= 0.6 is 11.8 Å². The lowest BCUT2D eigenvalue weighted by Gasteiger charge is -1.97. The van der Waals surface area contributed by atoms with Gasteiger partial charge < -0.3 is 5.73 Å². The molecule has 0 heterocycles. The fraction of sp³-hybridized carbons (Fsp3) is 0.111. The Morgan fingerprint density at radius 3 is 3.07 bits per heavy atom. The highest BCUT2D eigenvalue weighted by Gasteiger charge is 1.91. The molecule has 0 aliphatic carbocycles. The number of rotatable bonds is 3. The van der Waals surface area contributed by atoms with Crippen LogP contribution in [0.3, 0.4) is 0 Å². The number of thioether (sulfide) groups is 1. The topological polar surface area (TPSA) is 67.5 Å². The van der Waals surface area contributed by atoms with Crippen molar-refractivity contribution < 1.29 is 4.79 Å². The first-order valence-corrected chi connectivity index (χ1v) is 5.17. The van der Waals surface area contributed by atoms with E-state index in [0.29, 0.717) is 0 Å². The first-order valence-electron chi connectivity index (χ1n) is 3.95. The van der Waals surface area contributed by atoms with Crippen LogP contribution in [0.15, 0.2) is 34.3 Å². The number of carbonyl (C=O) groups is 1. The minimum absolute atomic E-state index is 0.665. The highest BCUT2D eigenvalue weighted by molar-refractivity contribution is 7.98. The van der Waals surface area contributed by atoms with Gasteiger partial charge in [-0.2, -0.15) is 5.10 Å². The van der Waals surface area contributed by atoms with Crippen LogP contribution in [0.2, 0.25) is 0 Å². The van der Waals surface area contributed by atoms with E-state index in [4.69, 9.17) is 5.73 Å². The van der Waals surface area contributed by atoms with Gasteiger partial charge in [0, 0.05) is 4.90 Å². The smallest absolute Gasteiger partial charge is 0.332 e. The van der Waals surface area contributed by atoms with Crippen molar-refractivity contribution in [1.29, 1.82) is 0 Å². The number of nitrogens with two attached hydrogens (primary N) is 1. The summed E-state index contributed by atoms with van der Waals surface area (Å²) in [6, 6.07) is 7.13. The molecule has 0 atom stereocenters. The largest absolute Gasteiger partial charge is 0.350 e. The summed E-state index contributed by atoms with van der Waals surface area (Å²) in [7, 11) is 0. The molecule has 0 fully saturated rings. The van der Waals surface area contributed by atoms with E-state index in [1.54, 1.807) is 18.0 Å². The lowest BCUT2D eigenvalue weighted by atomic mass is 10.2. The molecule has 0 aromatic heterocycles. The molecule has 0 aliphatic heterocycles. The van der Waals surface area contributed by atoms with Gasteiger partial charge in [0.05, 0.1) is 6.21 Å². The van der Waals surface area contributed by atoms with Gasteiger partial charge >= 0.3 is 6.03 Å². The number of urea groups is 1. The predicted molar refractivity (Wildman–Crippen MR) is 58.5 cm³/mol. The van der Waals surface area contributed by atoms with Crippen LogP contribution < -0.4 is 11.2 Å². The second-order valence-electron chi connectivity index (χ2n) is 2.51. The molecular formula is C9H11N3OS. The van der Waals surface area contributed by atoms with Crippen LogP contribution in [0.1, 0.15) is 5.56 Å². The summed E-state index contributed by atoms with van der Waals surface area (Å²) in [5.41, 5.74) is 7.90. The average molecular weight is 209 g/mol. The number of hydrazone groups is 1. The van der Waals surface area contributed by atoms with Gasteiger partial charge in [-0.15, -0.1) is 11.8 Å². The molecule has 1 rings (SSSR count). The van der Waals surface area contributed by atoms with Crippen molar-refractivity contribution in [3.8, 4) is 0 Å². The summed E-state index contributed by atoms with van der Waals surface area (Å²) in [4.78, 5) is 11.5. The molecule has 2 amide bonds. The van der Waals surface area contributed by atoms with E-state index >= 15 is 0 Å². The first-order chi connectivity index (χ1) is 6.72. The van der Waals surface area contributed by atoms with E-state index in [2.05, 4.69) is 10.5 Å². The zero-order valence-electron chi connectivity index (χ0n) is 7.73. The molecule has 1 aromatic carbocycles. The van der Waals surface area contributed by atoms with Crippen molar-refractivity contribution in [3.05, 3.63) is 29.8 Å². The third-order valence-electron chi connectivity index (χ3n) is 1.48.